The molecule has 134 valence electrons. The number of aliphatic hydroxyl groups is 1. The number of fused-ring (bicyclic) bond motifs is 1. The molecule has 3 rings (SSSR count). The largest absolute Gasteiger partial charge is 0.497 e. The van der Waals surface area contributed by atoms with Crippen molar-refractivity contribution in [3.05, 3.63) is 72.3 Å². The van der Waals surface area contributed by atoms with E-state index in [-0.39, 0.29) is 11.3 Å². The van der Waals surface area contributed by atoms with Crippen molar-refractivity contribution in [2.75, 3.05) is 7.11 Å². The molecule has 0 aliphatic carbocycles. The molecule has 0 aliphatic rings. The molecule has 0 spiro atoms. The normalized spacial score (nSPS) is 12.6. The lowest BCUT2D eigenvalue weighted by Crippen LogP contribution is -2.39. The van der Waals surface area contributed by atoms with E-state index in [9.17, 15) is 18.7 Å². The molecule has 0 aromatic heterocycles. The number of alkyl halides is 2. The third-order valence-electron chi connectivity index (χ3n) is 3.98. The van der Waals surface area contributed by atoms with Crippen LogP contribution in [0.15, 0.2) is 66.7 Å². The Hall–Kier alpha value is -2.99. The Bertz CT molecular complexity index is 923. The molecule has 0 amide bonds. The molecular formula is C20H16F2O4. The first-order valence-corrected chi connectivity index (χ1v) is 7.83. The van der Waals surface area contributed by atoms with Gasteiger partial charge in [-0.15, -0.1) is 0 Å². The second-order valence-electron chi connectivity index (χ2n) is 5.70. The highest BCUT2D eigenvalue weighted by Crippen LogP contribution is 2.34. The minimum atomic E-state index is -4.11. The summed E-state index contributed by atoms with van der Waals surface area (Å²) in [5.41, 5.74) is -0.119. The Labute approximate surface area is 148 Å². The molecular weight excluding hydrogens is 342 g/mol. The lowest BCUT2D eigenvalue weighted by atomic mass is 10.0. The maximum Gasteiger partial charge on any atom is 0.385 e. The van der Waals surface area contributed by atoms with E-state index in [4.69, 9.17) is 9.47 Å². The van der Waals surface area contributed by atoms with Gasteiger partial charge in [-0.3, -0.25) is 0 Å². The van der Waals surface area contributed by atoms with Crippen LogP contribution < -0.4 is 9.47 Å². The molecule has 1 N–H and O–H groups in total. The van der Waals surface area contributed by atoms with Crippen LogP contribution in [0, 0.1) is 0 Å². The fourth-order valence-corrected chi connectivity index (χ4v) is 2.51. The van der Waals surface area contributed by atoms with Crippen molar-refractivity contribution >= 4 is 16.7 Å². The molecule has 6 heteroatoms. The Kier molecular flexibility index (Phi) is 4.86. The number of carbonyl (C=O) groups is 1. The van der Waals surface area contributed by atoms with E-state index in [1.165, 1.54) is 43.5 Å². The highest BCUT2D eigenvalue weighted by Gasteiger charge is 2.49. The zero-order valence-electron chi connectivity index (χ0n) is 13.9. The number of hydrogen-bond donors (Lipinski definition) is 1. The predicted octanol–water partition coefficient (Wildman–Crippen LogP) is 4.12. The highest BCUT2D eigenvalue weighted by atomic mass is 19.3. The maximum absolute atomic E-state index is 14.3. The Morgan fingerprint density at radius 1 is 0.962 bits per heavy atom. The first-order chi connectivity index (χ1) is 12.4. The number of esters is 1. The van der Waals surface area contributed by atoms with E-state index in [2.05, 4.69) is 0 Å². The van der Waals surface area contributed by atoms with Crippen molar-refractivity contribution in [3.8, 4) is 11.5 Å². The quantitative estimate of drug-likeness (QED) is 0.551. The van der Waals surface area contributed by atoms with Crippen LogP contribution in [0.1, 0.15) is 11.7 Å². The SMILES string of the molecule is COc1ccc([C@@H](O)C(F)(F)C(=O)Oc2ccc3ccccc3c2)cc1. The van der Waals surface area contributed by atoms with Crippen LogP contribution in [0.25, 0.3) is 10.8 Å². The number of methoxy groups -OCH3 is 1. The summed E-state index contributed by atoms with van der Waals surface area (Å²) in [7, 11) is 1.43. The summed E-state index contributed by atoms with van der Waals surface area (Å²) < 4.78 is 38.4. The molecule has 0 saturated heterocycles. The molecule has 0 heterocycles. The number of benzene rings is 3. The van der Waals surface area contributed by atoms with Gasteiger partial charge in [-0.1, -0.05) is 42.5 Å². The summed E-state index contributed by atoms with van der Waals surface area (Å²) in [5.74, 6) is -5.50. The van der Waals surface area contributed by atoms with Gasteiger partial charge in [-0.25, -0.2) is 4.79 Å². The summed E-state index contributed by atoms with van der Waals surface area (Å²) in [6.45, 7) is 0. The van der Waals surface area contributed by atoms with Gasteiger partial charge in [0.2, 0.25) is 0 Å². The fraction of sp³-hybridized carbons (Fsp3) is 0.150. The average Bonchev–Trinajstić information content (AvgIpc) is 2.67. The first-order valence-electron chi connectivity index (χ1n) is 7.83. The summed E-state index contributed by atoms with van der Waals surface area (Å²) in [6, 6.07) is 17.2. The Morgan fingerprint density at radius 3 is 2.23 bits per heavy atom. The van der Waals surface area contributed by atoms with E-state index >= 15 is 0 Å². The minimum absolute atomic E-state index is 0.0182. The van der Waals surface area contributed by atoms with E-state index in [1.807, 2.05) is 12.1 Å². The van der Waals surface area contributed by atoms with Crippen molar-refractivity contribution in [2.24, 2.45) is 0 Å². The summed E-state index contributed by atoms with van der Waals surface area (Å²) in [5, 5.41) is 11.6. The van der Waals surface area contributed by atoms with Crippen molar-refractivity contribution in [2.45, 2.75) is 12.0 Å². The Morgan fingerprint density at radius 2 is 1.58 bits per heavy atom. The molecule has 4 nitrogen and oxygen atoms in total. The lowest BCUT2D eigenvalue weighted by molar-refractivity contribution is -0.179. The number of hydrogen-bond acceptors (Lipinski definition) is 4. The first kappa shape index (κ1) is 17.8. The number of rotatable bonds is 5. The maximum atomic E-state index is 14.3. The second-order valence-corrected chi connectivity index (χ2v) is 5.70. The van der Waals surface area contributed by atoms with Crippen molar-refractivity contribution < 1.29 is 28.2 Å². The van der Waals surface area contributed by atoms with E-state index < -0.39 is 18.0 Å². The molecule has 0 aliphatic heterocycles. The van der Waals surface area contributed by atoms with Gasteiger partial charge in [0.15, 0.2) is 6.10 Å². The van der Waals surface area contributed by atoms with Crippen LogP contribution in [-0.2, 0) is 4.79 Å². The molecule has 26 heavy (non-hydrogen) atoms. The van der Waals surface area contributed by atoms with Gasteiger partial charge < -0.3 is 14.6 Å². The third kappa shape index (κ3) is 3.50. The van der Waals surface area contributed by atoms with Gasteiger partial charge in [0.05, 0.1) is 7.11 Å². The number of ether oxygens (including phenoxy) is 2. The molecule has 3 aromatic rings. The van der Waals surface area contributed by atoms with Crippen LogP contribution in [0.3, 0.4) is 0 Å². The lowest BCUT2D eigenvalue weighted by Gasteiger charge is -2.21. The van der Waals surface area contributed by atoms with Crippen LogP contribution in [-0.4, -0.2) is 24.1 Å². The fourth-order valence-electron chi connectivity index (χ4n) is 2.51. The van der Waals surface area contributed by atoms with Crippen LogP contribution >= 0.6 is 0 Å². The molecule has 0 saturated carbocycles. The third-order valence-corrected chi connectivity index (χ3v) is 3.98. The molecule has 0 bridgehead atoms. The predicted molar refractivity (Wildman–Crippen MR) is 92.5 cm³/mol. The number of halogens is 2. The molecule has 0 fully saturated rings. The topological polar surface area (TPSA) is 55.8 Å². The smallest absolute Gasteiger partial charge is 0.385 e. The van der Waals surface area contributed by atoms with Crippen LogP contribution in [0.2, 0.25) is 0 Å². The summed E-state index contributed by atoms with van der Waals surface area (Å²) >= 11 is 0. The number of carbonyl (C=O) groups excluding carboxylic acids is 1. The van der Waals surface area contributed by atoms with E-state index in [1.54, 1.807) is 18.2 Å². The van der Waals surface area contributed by atoms with Crippen molar-refractivity contribution in [1.29, 1.82) is 0 Å². The van der Waals surface area contributed by atoms with Gasteiger partial charge in [0.1, 0.15) is 11.5 Å². The van der Waals surface area contributed by atoms with Crippen LogP contribution in [0.5, 0.6) is 11.5 Å². The molecule has 0 radical (unpaired) electrons. The highest BCUT2D eigenvalue weighted by molar-refractivity contribution is 5.86. The average molecular weight is 358 g/mol. The summed E-state index contributed by atoms with van der Waals surface area (Å²) in [6.07, 6.45) is -2.33. The van der Waals surface area contributed by atoms with E-state index in [0.717, 1.165) is 10.8 Å². The van der Waals surface area contributed by atoms with Crippen LogP contribution in [0.4, 0.5) is 8.78 Å². The van der Waals surface area contributed by atoms with Crippen molar-refractivity contribution in [3.63, 3.8) is 0 Å². The van der Waals surface area contributed by atoms with Gasteiger partial charge in [0.25, 0.3) is 0 Å². The molecule has 1 atom stereocenters. The minimum Gasteiger partial charge on any atom is -0.497 e. The monoisotopic (exact) mass is 358 g/mol. The molecule has 3 aromatic carbocycles. The van der Waals surface area contributed by atoms with Gasteiger partial charge in [-0.2, -0.15) is 8.78 Å². The zero-order chi connectivity index (χ0) is 18.7. The summed E-state index contributed by atoms with van der Waals surface area (Å²) in [4.78, 5) is 12.0. The standard InChI is InChI=1S/C20H16F2O4/c1-25-16-9-7-14(8-10-16)18(23)20(21,22)19(24)26-17-11-6-13-4-2-3-5-15(13)12-17/h2-12,18,23H,1H3/t18-/m1/s1. The van der Waals surface area contributed by atoms with E-state index in [0.29, 0.717) is 5.75 Å². The molecule has 0 unspecified atom stereocenters. The Balaban J connectivity index is 1.79. The number of aliphatic hydroxyl groups excluding tert-OH is 1. The van der Waals surface area contributed by atoms with Gasteiger partial charge in [0, 0.05) is 0 Å². The van der Waals surface area contributed by atoms with Crippen molar-refractivity contribution in [1.82, 2.24) is 0 Å². The second kappa shape index (κ2) is 7.09. The van der Waals surface area contributed by atoms with Gasteiger partial charge >= 0.3 is 11.9 Å². The zero-order valence-corrected chi connectivity index (χ0v) is 13.9. The van der Waals surface area contributed by atoms with Gasteiger partial charge in [-0.05, 0) is 40.6 Å².